The largest absolute Gasteiger partial charge is 0.369 e. The second-order valence-corrected chi connectivity index (χ2v) is 1.24. The van der Waals surface area contributed by atoms with Gasteiger partial charge < -0.3 is 11.5 Å². The SMILES string of the molecule is C=CC(N)[N]C(=N)N. The van der Waals surface area contributed by atoms with Crippen molar-refractivity contribution in [2.24, 2.45) is 11.5 Å². The van der Waals surface area contributed by atoms with Crippen LogP contribution < -0.4 is 16.8 Å². The minimum Gasteiger partial charge on any atom is -0.369 e. The number of guanidine groups is 1. The summed E-state index contributed by atoms with van der Waals surface area (Å²) in [4.78, 5) is 0. The van der Waals surface area contributed by atoms with E-state index < -0.39 is 6.17 Å². The van der Waals surface area contributed by atoms with E-state index in [2.05, 4.69) is 11.9 Å². The molecule has 0 amide bonds. The second kappa shape index (κ2) is 3.04. The van der Waals surface area contributed by atoms with Crippen molar-refractivity contribution < 1.29 is 0 Å². The van der Waals surface area contributed by atoms with E-state index >= 15 is 0 Å². The highest BCUT2D eigenvalue weighted by Crippen LogP contribution is 1.70. The zero-order chi connectivity index (χ0) is 6.57. The van der Waals surface area contributed by atoms with Gasteiger partial charge in [-0.3, -0.25) is 5.41 Å². The summed E-state index contributed by atoms with van der Waals surface area (Å²) >= 11 is 0. The maximum absolute atomic E-state index is 6.61. The lowest BCUT2D eigenvalue weighted by molar-refractivity contribution is 0.747. The molecule has 4 nitrogen and oxygen atoms in total. The molecule has 0 aliphatic rings. The van der Waals surface area contributed by atoms with Gasteiger partial charge >= 0.3 is 0 Å². The summed E-state index contributed by atoms with van der Waals surface area (Å²) in [5.41, 5.74) is 10.0. The van der Waals surface area contributed by atoms with E-state index in [1.165, 1.54) is 6.08 Å². The first-order chi connectivity index (χ1) is 3.66. The zero-order valence-electron chi connectivity index (χ0n) is 4.46. The molecule has 0 heterocycles. The highest BCUT2D eigenvalue weighted by Gasteiger charge is 1.95. The summed E-state index contributed by atoms with van der Waals surface area (Å²) in [5.74, 6) is -0.266. The molecule has 1 unspecified atom stereocenters. The topological polar surface area (TPSA) is 90.0 Å². The molecule has 0 aromatic heterocycles. The molecule has 0 aromatic carbocycles. The van der Waals surface area contributed by atoms with E-state index in [0.717, 1.165) is 0 Å². The summed E-state index contributed by atoms with van der Waals surface area (Å²) in [5, 5.41) is 10.0. The summed E-state index contributed by atoms with van der Waals surface area (Å²) in [7, 11) is 0. The fourth-order valence-corrected chi connectivity index (χ4v) is 0.213. The van der Waals surface area contributed by atoms with Crippen LogP contribution in [0.4, 0.5) is 0 Å². The monoisotopic (exact) mass is 113 g/mol. The van der Waals surface area contributed by atoms with E-state index in [9.17, 15) is 0 Å². The molecule has 8 heavy (non-hydrogen) atoms. The Bertz CT molecular complexity index is 98.2. The van der Waals surface area contributed by atoms with Gasteiger partial charge in [-0.15, -0.1) is 0 Å². The van der Waals surface area contributed by atoms with Crippen molar-refractivity contribution >= 4 is 5.96 Å². The van der Waals surface area contributed by atoms with Crippen LogP contribution >= 0.6 is 0 Å². The average molecular weight is 113 g/mol. The normalized spacial score (nSPS) is 12.1. The Morgan fingerprint density at radius 1 is 1.88 bits per heavy atom. The van der Waals surface area contributed by atoms with E-state index in [-0.39, 0.29) is 5.96 Å². The van der Waals surface area contributed by atoms with Gasteiger partial charge in [-0.25, -0.2) is 5.32 Å². The molecular formula is C4H9N4. The van der Waals surface area contributed by atoms with Crippen molar-refractivity contribution in [2.45, 2.75) is 6.17 Å². The first-order valence-corrected chi connectivity index (χ1v) is 2.10. The van der Waals surface area contributed by atoms with Gasteiger partial charge in [0.15, 0.2) is 0 Å². The molecule has 45 valence electrons. The Morgan fingerprint density at radius 3 is 2.50 bits per heavy atom. The Balaban J connectivity index is 3.38. The molecule has 0 saturated carbocycles. The molecule has 0 aliphatic carbocycles. The smallest absolute Gasteiger partial charge is 0.209 e. The zero-order valence-corrected chi connectivity index (χ0v) is 4.46. The van der Waals surface area contributed by atoms with E-state index in [1.54, 1.807) is 0 Å². The lowest BCUT2D eigenvalue weighted by Gasteiger charge is -2.02. The molecule has 0 saturated heterocycles. The van der Waals surface area contributed by atoms with Gasteiger partial charge in [0.2, 0.25) is 5.96 Å². The molecule has 0 bridgehead atoms. The molecule has 1 radical (unpaired) electrons. The van der Waals surface area contributed by atoms with E-state index in [4.69, 9.17) is 16.9 Å². The summed E-state index contributed by atoms with van der Waals surface area (Å²) in [6.45, 7) is 3.34. The Labute approximate surface area is 48.1 Å². The lowest BCUT2D eigenvalue weighted by atomic mass is 10.5. The summed E-state index contributed by atoms with van der Waals surface area (Å²) in [6, 6.07) is 0. The van der Waals surface area contributed by atoms with Gasteiger partial charge in [0, 0.05) is 0 Å². The first kappa shape index (κ1) is 6.97. The predicted molar refractivity (Wildman–Crippen MR) is 32.2 cm³/mol. The van der Waals surface area contributed by atoms with Gasteiger partial charge in [0.25, 0.3) is 0 Å². The Hall–Kier alpha value is -1.03. The maximum Gasteiger partial charge on any atom is 0.209 e. The van der Waals surface area contributed by atoms with Crippen molar-refractivity contribution in [3.8, 4) is 0 Å². The second-order valence-electron chi connectivity index (χ2n) is 1.24. The van der Waals surface area contributed by atoms with Gasteiger partial charge in [0.1, 0.15) is 6.17 Å². The van der Waals surface area contributed by atoms with Gasteiger partial charge in [-0.1, -0.05) is 12.7 Å². The molecule has 1 atom stereocenters. The molecule has 5 N–H and O–H groups in total. The van der Waals surface area contributed by atoms with Gasteiger partial charge in [0.05, 0.1) is 0 Å². The Kier molecular flexibility index (Phi) is 2.64. The number of rotatable bonds is 2. The molecule has 0 aliphatic heterocycles. The van der Waals surface area contributed by atoms with Crippen LogP contribution in [-0.2, 0) is 0 Å². The van der Waals surface area contributed by atoms with Crippen LogP contribution in [0.25, 0.3) is 0 Å². The number of nitrogens with one attached hydrogen (secondary N) is 1. The van der Waals surface area contributed by atoms with Crippen LogP contribution in [-0.4, -0.2) is 12.1 Å². The van der Waals surface area contributed by atoms with Gasteiger partial charge in [-0.05, 0) is 0 Å². The van der Waals surface area contributed by atoms with E-state index in [1.807, 2.05) is 0 Å². The van der Waals surface area contributed by atoms with Crippen LogP contribution in [0.5, 0.6) is 0 Å². The summed E-state index contributed by atoms with van der Waals surface area (Å²) in [6.07, 6.45) is 0.869. The van der Waals surface area contributed by atoms with Crippen LogP contribution in [0.3, 0.4) is 0 Å². The summed E-state index contributed by atoms with van der Waals surface area (Å²) < 4.78 is 0. The lowest BCUT2D eigenvalue weighted by Crippen LogP contribution is -2.37. The third kappa shape index (κ3) is 3.17. The highest BCUT2D eigenvalue weighted by atomic mass is 15.1. The van der Waals surface area contributed by atoms with E-state index in [0.29, 0.717) is 0 Å². The Morgan fingerprint density at radius 2 is 2.38 bits per heavy atom. The average Bonchev–Trinajstić information content (AvgIpc) is 1.65. The van der Waals surface area contributed by atoms with Crippen LogP contribution in [0.2, 0.25) is 0 Å². The number of nitrogens with two attached hydrogens (primary N) is 2. The van der Waals surface area contributed by atoms with Crippen molar-refractivity contribution in [3.05, 3.63) is 12.7 Å². The highest BCUT2D eigenvalue weighted by molar-refractivity contribution is 5.74. The molecule has 0 spiro atoms. The minimum absolute atomic E-state index is 0.266. The van der Waals surface area contributed by atoms with Crippen molar-refractivity contribution in [3.63, 3.8) is 0 Å². The fraction of sp³-hybridized carbons (Fsp3) is 0.250. The first-order valence-electron chi connectivity index (χ1n) is 2.10. The fourth-order valence-electron chi connectivity index (χ4n) is 0.213. The van der Waals surface area contributed by atoms with Crippen molar-refractivity contribution in [2.75, 3.05) is 0 Å². The molecule has 0 rings (SSSR count). The minimum atomic E-state index is -0.535. The van der Waals surface area contributed by atoms with Crippen LogP contribution in [0, 0.1) is 5.41 Å². The molecular weight excluding hydrogens is 104 g/mol. The third-order valence-corrected chi connectivity index (χ3v) is 0.530. The molecule has 0 aromatic rings. The maximum atomic E-state index is 6.61. The number of nitrogens with zero attached hydrogens (tertiary/aromatic N) is 1. The van der Waals surface area contributed by atoms with Crippen molar-refractivity contribution in [1.29, 1.82) is 5.41 Å². The van der Waals surface area contributed by atoms with Crippen LogP contribution in [0.15, 0.2) is 12.7 Å². The van der Waals surface area contributed by atoms with Gasteiger partial charge in [-0.2, -0.15) is 0 Å². The number of hydrogen-bond donors (Lipinski definition) is 3. The predicted octanol–water partition coefficient (Wildman–Crippen LogP) is -1.04. The molecule has 0 fully saturated rings. The number of hydrogen-bond acceptors (Lipinski definition) is 2. The van der Waals surface area contributed by atoms with Crippen LogP contribution in [0.1, 0.15) is 0 Å². The quantitative estimate of drug-likeness (QED) is 0.242. The standard InChI is InChI=1S/C4H9N4/c1-2-3(5)8-4(6)7/h2-3H,1,5H2,(H3,6,7). The molecule has 4 heteroatoms. The van der Waals surface area contributed by atoms with Crippen molar-refractivity contribution in [1.82, 2.24) is 5.32 Å². The third-order valence-electron chi connectivity index (χ3n) is 0.530.